The van der Waals surface area contributed by atoms with E-state index in [2.05, 4.69) is 0 Å². The fraction of sp³-hybridized carbons (Fsp3) is 1.00. The molecule has 0 spiro atoms. The van der Waals surface area contributed by atoms with Crippen LogP contribution in [0.25, 0.3) is 0 Å². The lowest BCUT2D eigenvalue weighted by Gasteiger charge is -2.37. The van der Waals surface area contributed by atoms with E-state index in [1.165, 1.54) is 32.1 Å². The highest BCUT2D eigenvalue weighted by Gasteiger charge is 2.34. The smallest absolute Gasteiger partial charge is 0.143 e. The number of hydrogen-bond donors (Lipinski definition) is 0. The molecule has 0 aromatic carbocycles. The second-order valence-corrected chi connectivity index (χ2v) is 5.15. The van der Waals surface area contributed by atoms with Gasteiger partial charge < -0.3 is 9.47 Å². The molecule has 0 amide bonds. The highest BCUT2D eigenvalue weighted by Crippen LogP contribution is 2.33. The van der Waals surface area contributed by atoms with Gasteiger partial charge in [-0.15, -0.1) is 0 Å². The summed E-state index contributed by atoms with van der Waals surface area (Å²) in [6.45, 7) is 0. The summed E-state index contributed by atoms with van der Waals surface area (Å²) < 4.78 is 10.9. The molecule has 0 heterocycles. The summed E-state index contributed by atoms with van der Waals surface area (Å²) >= 11 is 0. The summed E-state index contributed by atoms with van der Waals surface area (Å²) in [5.41, 5.74) is -0.208. The normalized spacial score (nSPS) is 21.5. The number of methoxy groups -OCH3 is 2. The molecule has 0 atom stereocenters. The molecule has 1 fully saturated rings. The van der Waals surface area contributed by atoms with Crippen LogP contribution >= 0.6 is 0 Å². The molecule has 3 heteroatoms. The maximum atomic E-state index is 5.47. The number of rotatable bonds is 3. The minimum Gasteiger partial charge on any atom is -0.358 e. The molecule has 12 heavy (non-hydrogen) atoms. The topological polar surface area (TPSA) is 18.5 Å². The zero-order chi connectivity index (χ0) is 9.03. The van der Waals surface area contributed by atoms with Crippen LogP contribution in [0.15, 0.2) is 0 Å². The first-order chi connectivity index (χ1) is 5.73. The summed E-state index contributed by atoms with van der Waals surface area (Å²) in [4.78, 5) is 0. The van der Waals surface area contributed by atoms with E-state index in [0.717, 1.165) is 10.2 Å². The lowest BCUT2D eigenvalue weighted by molar-refractivity contribution is -0.182. The van der Waals surface area contributed by atoms with Crippen LogP contribution in [0.1, 0.15) is 32.1 Å². The van der Waals surface area contributed by atoms with Gasteiger partial charge in [0.15, 0.2) is 0 Å². The second kappa shape index (κ2) is 4.39. The molecule has 0 radical (unpaired) electrons. The van der Waals surface area contributed by atoms with Gasteiger partial charge in [-0.05, 0) is 12.8 Å². The fourth-order valence-electron chi connectivity index (χ4n) is 2.04. The first kappa shape index (κ1) is 10.2. The Morgan fingerprint density at radius 1 is 1.08 bits per heavy atom. The maximum Gasteiger partial charge on any atom is 0.143 e. The van der Waals surface area contributed by atoms with E-state index in [0.29, 0.717) is 5.92 Å². The molecule has 0 aromatic heterocycles. The van der Waals surface area contributed by atoms with Crippen molar-refractivity contribution in [3.63, 3.8) is 0 Å². The highest BCUT2D eigenvalue weighted by atomic mass is 28.1. The van der Waals surface area contributed by atoms with Gasteiger partial charge in [-0.1, -0.05) is 19.3 Å². The van der Waals surface area contributed by atoms with Gasteiger partial charge in [-0.3, -0.25) is 0 Å². The predicted molar refractivity (Wildman–Crippen MR) is 53.3 cm³/mol. The molecule has 1 aliphatic rings. The first-order valence-electron chi connectivity index (χ1n) is 4.83. The summed E-state index contributed by atoms with van der Waals surface area (Å²) in [6.07, 6.45) is 6.65. The molecular weight excluding hydrogens is 168 g/mol. The third-order valence-electron chi connectivity index (χ3n) is 3.16. The van der Waals surface area contributed by atoms with E-state index in [1.54, 1.807) is 14.2 Å². The minimum absolute atomic E-state index is 0.208. The minimum atomic E-state index is -0.208. The quantitative estimate of drug-likeness (QED) is 0.483. The Hall–Kier alpha value is 0.137. The van der Waals surface area contributed by atoms with Crippen LogP contribution in [0.4, 0.5) is 0 Å². The molecule has 1 rings (SSSR count). The van der Waals surface area contributed by atoms with Gasteiger partial charge in [0.1, 0.15) is 5.41 Å². The number of hydrogen-bond acceptors (Lipinski definition) is 2. The summed E-state index contributed by atoms with van der Waals surface area (Å²) in [7, 11) is 4.50. The summed E-state index contributed by atoms with van der Waals surface area (Å²) in [5.74, 6) is 0.646. The Balaban J connectivity index is 2.51. The van der Waals surface area contributed by atoms with Crippen molar-refractivity contribution in [3.05, 3.63) is 0 Å². The summed E-state index contributed by atoms with van der Waals surface area (Å²) in [6, 6.07) is 0. The Kier molecular flexibility index (Phi) is 3.74. The Labute approximate surface area is 78.1 Å². The maximum absolute atomic E-state index is 5.47. The van der Waals surface area contributed by atoms with Gasteiger partial charge in [0.2, 0.25) is 0 Å². The van der Waals surface area contributed by atoms with E-state index in [4.69, 9.17) is 9.47 Å². The molecule has 2 nitrogen and oxygen atoms in total. The highest BCUT2D eigenvalue weighted by molar-refractivity contribution is 6.13. The van der Waals surface area contributed by atoms with Crippen molar-refractivity contribution < 1.29 is 9.47 Å². The average molecular weight is 188 g/mol. The zero-order valence-electron chi connectivity index (χ0n) is 8.43. The third kappa shape index (κ3) is 2.09. The van der Waals surface area contributed by atoms with E-state index < -0.39 is 0 Å². The number of ether oxygens (including phenoxy) is 2. The summed E-state index contributed by atoms with van der Waals surface area (Å²) in [5, 5.41) is 0. The molecule has 0 aromatic rings. The van der Waals surface area contributed by atoms with Gasteiger partial charge in [-0.25, -0.2) is 0 Å². The van der Waals surface area contributed by atoms with Crippen molar-refractivity contribution in [2.75, 3.05) is 14.2 Å². The molecular formula is C9H20O2Si. The van der Waals surface area contributed by atoms with Crippen molar-refractivity contribution in [2.45, 2.75) is 37.5 Å². The van der Waals surface area contributed by atoms with Crippen LogP contribution in [-0.2, 0) is 9.47 Å². The van der Waals surface area contributed by atoms with Crippen molar-refractivity contribution >= 4 is 10.2 Å². The van der Waals surface area contributed by atoms with Crippen LogP contribution in [-0.4, -0.2) is 29.9 Å². The Bertz CT molecular complexity index is 128. The molecule has 0 bridgehead atoms. The largest absolute Gasteiger partial charge is 0.358 e. The lowest BCUT2D eigenvalue weighted by Crippen LogP contribution is -2.43. The van der Waals surface area contributed by atoms with E-state index in [-0.39, 0.29) is 5.41 Å². The van der Waals surface area contributed by atoms with Crippen molar-refractivity contribution in [3.8, 4) is 0 Å². The molecule has 72 valence electrons. The zero-order valence-corrected chi connectivity index (χ0v) is 10.4. The van der Waals surface area contributed by atoms with Crippen LogP contribution in [0.3, 0.4) is 0 Å². The Morgan fingerprint density at radius 3 is 2.00 bits per heavy atom. The first-order valence-corrected chi connectivity index (χ1v) is 5.83. The van der Waals surface area contributed by atoms with Gasteiger partial charge in [0.25, 0.3) is 0 Å². The fourth-order valence-corrected chi connectivity index (χ4v) is 2.62. The predicted octanol–water partition coefficient (Wildman–Crippen LogP) is 0.879. The second-order valence-electron chi connectivity index (χ2n) is 3.76. The molecule has 0 unspecified atom stereocenters. The monoisotopic (exact) mass is 188 g/mol. The Morgan fingerprint density at radius 2 is 1.58 bits per heavy atom. The van der Waals surface area contributed by atoms with Crippen LogP contribution in [0, 0.1) is 5.92 Å². The molecule has 0 N–H and O–H groups in total. The van der Waals surface area contributed by atoms with Crippen molar-refractivity contribution in [1.29, 1.82) is 0 Å². The van der Waals surface area contributed by atoms with E-state index >= 15 is 0 Å². The molecule has 1 saturated carbocycles. The van der Waals surface area contributed by atoms with Gasteiger partial charge in [-0.2, -0.15) is 0 Å². The van der Waals surface area contributed by atoms with E-state index in [1.807, 2.05) is 0 Å². The van der Waals surface area contributed by atoms with Crippen molar-refractivity contribution in [2.24, 2.45) is 5.92 Å². The molecule has 0 aliphatic heterocycles. The van der Waals surface area contributed by atoms with Gasteiger partial charge >= 0.3 is 0 Å². The van der Waals surface area contributed by atoms with Gasteiger partial charge in [0, 0.05) is 20.1 Å². The average Bonchev–Trinajstić information content (AvgIpc) is 2.18. The SMILES string of the molecule is COC([SiH3])(OC)C1CCCCC1. The van der Waals surface area contributed by atoms with Crippen LogP contribution < -0.4 is 0 Å². The van der Waals surface area contributed by atoms with E-state index in [9.17, 15) is 0 Å². The lowest BCUT2D eigenvalue weighted by atomic mass is 9.88. The third-order valence-corrected chi connectivity index (χ3v) is 4.79. The molecule has 1 aliphatic carbocycles. The molecule has 0 saturated heterocycles. The van der Waals surface area contributed by atoms with Gasteiger partial charge in [0.05, 0.1) is 10.2 Å². The standard InChI is InChI=1S/C9H20O2Si/c1-10-9(12,11-2)8-6-4-3-5-7-8/h8H,3-7H2,1-2,12H3. The van der Waals surface area contributed by atoms with Crippen molar-refractivity contribution in [1.82, 2.24) is 0 Å². The van der Waals surface area contributed by atoms with Crippen LogP contribution in [0.2, 0.25) is 0 Å². The van der Waals surface area contributed by atoms with Crippen LogP contribution in [0.5, 0.6) is 0 Å².